The Kier molecular flexibility index (Phi) is 26.8. The van der Waals surface area contributed by atoms with Crippen molar-refractivity contribution in [3.63, 3.8) is 0 Å². The lowest BCUT2D eigenvalue weighted by molar-refractivity contribution is 0.390. The van der Waals surface area contributed by atoms with E-state index < -0.39 is 5.41 Å². The van der Waals surface area contributed by atoms with Gasteiger partial charge in [-0.2, -0.15) is 10.5 Å². The SMILES string of the molecule is CCCCCCCCCCCCCCCC(C#N)(C#N)CCCCCCCCCCCCCCC. The third-order valence-electron chi connectivity index (χ3n) is 7.84. The zero-order valence-electron chi connectivity index (χ0n) is 24.2. The topological polar surface area (TPSA) is 47.6 Å². The third-order valence-corrected chi connectivity index (χ3v) is 7.84. The predicted molar refractivity (Wildman–Crippen MR) is 154 cm³/mol. The molecule has 0 aromatic carbocycles. The van der Waals surface area contributed by atoms with Crippen LogP contribution in [0.4, 0.5) is 0 Å². The Morgan fingerprint density at radius 2 is 0.543 bits per heavy atom. The molecule has 0 radical (unpaired) electrons. The summed E-state index contributed by atoms with van der Waals surface area (Å²) in [4.78, 5) is 0. The number of nitrogens with zero attached hydrogens (tertiary/aromatic N) is 2. The predicted octanol–water partition coefficient (Wildman–Crippen LogP) is 12.0. The molecule has 0 spiro atoms. The highest BCUT2D eigenvalue weighted by Gasteiger charge is 2.28. The molecule has 0 N–H and O–H groups in total. The van der Waals surface area contributed by atoms with Crippen molar-refractivity contribution in [3.05, 3.63) is 0 Å². The molecule has 0 aromatic rings. The van der Waals surface area contributed by atoms with Crippen LogP contribution in [0.25, 0.3) is 0 Å². The average molecular weight is 487 g/mol. The molecular formula is C33H62N2. The first-order valence-corrected chi connectivity index (χ1v) is 16.1. The Labute approximate surface area is 221 Å². The van der Waals surface area contributed by atoms with Crippen molar-refractivity contribution < 1.29 is 0 Å². The average Bonchev–Trinajstić information content (AvgIpc) is 2.88. The van der Waals surface area contributed by atoms with Crippen LogP contribution in [0.3, 0.4) is 0 Å². The fourth-order valence-corrected chi connectivity index (χ4v) is 5.26. The van der Waals surface area contributed by atoms with Crippen LogP contribution < -0.4 is 0 Å². The molecular weight excluding hydrogens is 424 g/mol. The van der Waals surface area contributed by atoms with Crippen molar-refractivity contribution in [3.8, 4) is 12.1 Å². The van der Waals surface area contributed by atoms with Crippen LogP contribution in [0.2, 0.25) is 0 Å². The van der Waals surface area contributed by atoms with Crippen molar-refractivity contribution in [2.45, 2.75) is 194 Å². The zero-order chi connectivity index (χ0) is 25.7. The van der Waals surface area contributed by atoms with Gasteiger partial charge in [0.25, 0.3) is 0 Å². The van der Waals surface area contributed by atoms with Crippen molar-refractivity contribution in [1.82, 2.24) is 0 Å². The summed E-state index contributed by atoms with van der Waals surface area (Å²) in [5, 5.41) is 19.4. The van der Waals surface area contributed by atoms with Gasteiger partial charge in [-0.15, -0.1) is 0 Å². The smallest absolute Gasteiger partial charge is 0.143 e. The molecule has 0 heterocycles. The normalized spacial score (nSPS) is 11.4. The maximum absolute atomic E-state index is 9.69. The molecule has 0 aliphatic heterocycles. The van der Waals surface area contributed by atoms with Gasteiger partial charge in [0.1, 0.15) is 5.41 Å². The molecule has 0 aliphatic rings. The molecule has 0 saturated carbocycles. The minimum atomic E-state index is -0.727. The molecule has 2 heteroatoms. The van der Waals surface area contributed by atoms with Gasteiger partial charge in [0, 0.05) is 0 Å². The van der Waals surface area contributed by atoms with Gasteiger partial charge in [0.15, 0.2) is 0 Å². The molecule has 0 amide bonds. The minimum Gasteiger partial charge on any atom is -0.197 e. The maximum Gasteiger partial charge on any atom is 0.143 e. The van der Waals surface area contributed by atoms with Gasteiger partial charge in [-0.1, -0.05) is 181 Å². The first-order chi connectivity index (χ1) is 17.2. The molecule has 204 valence electrons. The van der Waals surface area contributed by atoms with Gasteiger partial charge < -0.3 is 0 Å². The second kappa shape index (κ2) is 27.6. The summed E-state index contributed by atoms with van der Waals surface area (Å²) in [6.45, 7) is 4.56. The molecule has 0 rings (SSSR count). The van der Waals surface area contributed by atoms with Gasteiger partial charge in [0.2, 0.25) is 0 Å². The fraction of sp³-hybridized carbons (Fsp3) is 0.939. The number of hydrogen-bond acceptors (Lipinski definition) is 2. The molecule has 35 heavy (non-hydrogen) atoms. The minimum absolute atomic E-state index is 0.727. The number of hydrogen-bond donors (Lipinski definition) is 0. The third kappa shape index (κ3) is 23.1. The van der Waals surface area contributed by atoms with Crippen LogP contribution in [0.5, 0.6) is 0 Å². The lowest BCUT2D eigenvalue weighted by atomic mass is 9.80. The Morgan fingerprint density at radius 3 is 0.743 bits per heavy atom. The standard InChI is InChI=1S/C33H62N2/c1-3-5-7-9-11-13-15-17-19-21-23-25-27-29-33(31-34,32-35)30-28-26-24-22-20-18-16-14-12-10-8-6-4-2/h3-30H2,1-2H3. The van der Waals surface area contributed by atoms with Crippen molar-refractivity contribution >= 4 is 0 Å². The second-order valence-corrected chi connectivity index (χ2v) is 11.3. The molecule has 2 nitrogen and oxygen atoms in total. The highest BCUT2D eigenvalue weighted by Crippen LogP contribution is 2.30. The van der Waals surface area contributed by atoms with Crippen molar-refractivity contribution in [2.75, 3.05) is 0 Å². The van der Waals surface area contributed by atoms with E-state index in [-0.39, 0.29) is 0 Å². The highest BCUT2D eigenvalue weighted by molar-refractivity contribution is 5.13. The molecule has 0 unspecified atom stereocenters. The molecule has 0 fully saturated rings. The Balaban J connectivity index is 3.58. The van der Waals surface area contributed by atoms with Crippen LogP contribution in [-0.4, -0.2) is 0 Å². The quantitative estimate of drug-likeness (QED) is 0.103. The van der Waals surface area contributed by atoms with E-state index in [4.69, 9.17) is 0 Å². The number of unbranched alkanes of at least 4 members (excludes halogenated alkanes) is 24. The van der Waals surface area contributed by atoms with E-state index in [1.807, 2.05) is 0 Å². The van der Waals surface area contributed by atoms with Gasteiger partial charge in [-0.05, 0) is 12.8 Å². The van der Waals surface area contributed by atoms with E-state index >= 15 is 0 Å². The number of nitriles is 2. The number of rotatable bonds is 28. The monoisotopic (exact) mass is 486 g/mol. The van der Waals surface area contributed by atoms with Crippen LogP contribution >= 0.6 is 0 Å². The van der Waals surface area contributed by atoms with E-state index in [1.54, 1.807) is 0 Å². The highest BCUT2D eigenvalue weighted by atomic mass is 14.4. The Bertz CT molecular complexity index is 452. The van der Waals surface area contributed by atoms with Gasteiger partial charge in [0.05, 0.1) is 12.1 Å². The van der Waals surface area contributed by atoms with E-state index in [0.29, 0.717) is 0 Å². The van der Waals surface area contributed by atoms with Crippen LogP contribution in [0.1, 0.15) is 194 Å². The van der Waals surface area contributed by atoms with Gasteiger partial charge >= 0.3 is 0 Å². The zero-order valence-corrected chi connectivity index (χ0v) is 24.2. The fourth-order valence-electron chi connectivity index (χ4n) is 5.26. The van der Waals surface area contributed by atoms with Crippen LogP contribution in [-0.2, 0) is 0 Å². The van der Waals surface area contributed by atoms with E-state index in [1.165, 1.54) is 154 Å². The van der Waals surface area contributed by atoms with Gasteiger partial charge in [-0.25, -0.2) is 0 Å². The van der Waals surface area contributed by atoms with E-state index in [0.717, 1.165) is 25.7 Å². The first-order valence-electron chi connectivity index (χ1n) is 16.1. The molecule has 0 aromatic heterocycles. The van der Waals surface area contributed by atoms with E-state index in [9.17, 15) is 10.5 Å². The molecule has 0 saturated heterocycles. The molecule has 0 atom stereocenters. The lowest BCUT2D eigenvalue weighted by Crippen LogP contribution is -2.16. The van der Waals surface area contributed by atoms with Gasteiger partial charge in [-0.3, -0.25) is 0 Å². The summed E-state index contributed by atoms with van der Waals surface area (Å²) in [6, 6.07) is 4.78. The largest absolute Gasteiger partial charge is 0.197 e. The molecule has 0 bridgehead atoms. The summed E-state index contributed by atoms with van der Waals surface area (Å²) in [5.74, 6) is 0. The summed E-state index contributed by atoms with van der Waals surface area (Å²) < 4.78 is 0. The Hall–Kier alpha value is -1.02. The Morgan fingerprint density at radius 1 is 0.343 bits per heavy atom. The van der Waals surface area contributed by atoms with E-state index in [2.05, 4.69) is 26.0 Å². The summed E-state index contributed by atoms with van der Waals surface area (Å²) in [6.07, 6.45) is 36.3. The van der Waals surface area contributed by atoms with Crippen LogP contribution in [0.15, 0.2) is 0 Å². The first kappa shape index (κ1) is 34.0. The van der Waals surface area contributed by atoms with Crippen molar-refractivity contribution in [1.29, 1.82) is 10.5 Å². The molecule has 0 aliphatic carbocycles. The summed E-state index contributed by atoms with van der Waals surface area (Å²) in [5.41, 5.74) is -0.727. The maximum atomic E-state index is 9.69. The summed E-state index contributed by atoms with van der Waals surface area (Å²) in [7, 11) is 0. The van der Waals surface area contributed by atoms with Crippen molar-refractivity contribution in [2.24, 2.45) is 5.41 Å². The summed E-state index contributed by atoms with van der Waals surface area (Å²) >= 11 is 0. The second-order valence-electron chi connectivity index (χ2n) is 11.3. The van der Waals surface area contributed by atoms with Crippen LogP contribution in [0, 0.1) is 28.1 Å². The lowest BCUT2D eigenvalue weighted by Gasteiger charge is -2.18.